The molecule has 0 amide bonds. The zero-order chi connectivity index (χ0) is 9.84. The Bertz CT molecular complexity index is 359. The summed E-state index contributed by atoms with van der Waals surface area (Å²) in [4.78, 5) is 0. The van der Waals surface area contributed by atoms with Gasteiger partial charge in [0.05, 0.1) is 10.0 Å². The molecule has 2 nitrogen and oxygen atoms in total. The van der Waals surface area contributed by atoms with Gasteiger partial charge in [0.2, 0.25) is 0 Å². The summed E-state index contributed by atoms with van der Waals surface area (Å²) in [5, 5.41) is 17.2. The lowest BCUT2D eigenvalue weighted by Crippen LogP contribution is -1.97. The fraction of sp³-hybridized carbons (Fsp3) is 0.222. The van der Waals surface area contributed by atoms with E-state index in [0.717, 1.165) is 0 Å². The second-order valence-corrected chi connectivity index (χ2v) is 3.28. The Morgan fingerprint density at radius 3 is 2.77 bits per heavy atom. The van der Waals surface area contributed by atoms with Gasteiger partial charge in [0, 0.05) is 6.61 Å². The van der Waals surface area contributed by atoms with E-state index in [2.05, 4.69) is 15.9 Å². The van der Waals surface area contributed by atoms with Gasteiger partial charge in [0.15, 0.2) is 0 Å². The van der Waals surface area contributed by atoms with Crippen LogP contribution in [-0.2, 0) is 6.42 Å². The molecular formula is C9H7BrFNO. The molecule has 4 heteroatoms. The topological polar surface area (TPSA) is 44.0 Å². The average molecular weight is 244 g/mol. The zero-order valence-corrected chi connectivity index (χ0v) is 8.31. The van der Waals surface area contributed by atoms with E-state index in [1.54, 1.807) is 0 Å². The molecule has 68 valence electrons. The first-order valence-electron chi connectivity index (χ1n) is 3.68. The smallest absolute Gasteiger partial charge is 0.141 e. The minimum absolute atomic E-state index is 0.102. The van der Waals surface area contributed by atoms with Crippen LogP contribution >= 0.6 is 15.9 Å². The van der Waals surface area contributed by atoms with Crippen LogP contribution in [0.3, 0.4) is 0 Å². The van der Waals surface area contributed by atoms with Crippen molar-refractivity contribution in [1.29, 1.82) is 5.26 Å². The summed E-state index contributed by atoms with van der Waals surface area (Å²) in [5.74, 6) is -0.465. The van der Waals surface area contributed by atoms with E-state index < -0.39 is 5.82 Å². The molecule has 1 rings (SSSR count). The van der Waals surface area contributed by atoms with E-state index in [-0.39, 0.29) is 23.1 Å². The standard InChI is InChI=1S/C9H7BrFNO/c10-8-7(5-12)2-1-6(3-4-13)9(8)11/h1-2,13H,3-4H2. The van der Waals surface area contributed by atoms with Gasteiger partial charge in [-0.1, -0.05) is 6.07 Å². The van der Waals surface area contributed by atoms with Crippen LogP contribution in [-0.4, -0.2) is 11.7 Å². The van der Waals surface area contributed by atoms with Crippen LogP contribution in [0.25, 0.3) is 0 Å². The molecule has 0 heterocycles. The third-order valence-electron chi connectivity index (χ3n) is 1.66. The number of aliphatic hydroxyl groups is 1. The summed E-state index contributed by atoms with van der Waals surface area (Å²) in [6.45, 7) is -0.102. The number of hydrogen-bond donors (Lipinski definition) is 1. The Labute approximate surface area is 83.7 Å². The van der Waals surface area contributed by atoms with Crippen molar-refractivity contribution in [3.8, 4) is 6.07 Å². The van der Waals surface area contributed by atoms with E-state index in [1.165, 1.54) is 12.1 Å². The first-order chi connectivity index (χ1) is 6.20. The number of nitriles is 1. The van der Waals surface area contributed by atoms with Gasteiger partial charge in [0.1, 0.15) is 11.9 Å². The minimum atomic E-state index is -0.465. The highest BCUT2D eigenvalue weighted by atomic mass is 79.9. The van der Waals surface area contributed by atoms with Crippen LogP contribution in [0.1, 0.15) is 11.1 Å². The Balaban J connectivity index is 3.17. The number of halogens is 2. The molecule has 0 bridgehead atoms. The molecular weight excluding hydrogens is 237 g/mol. The molecule has 1 N–H and O–H groups in total. The lowest BCUT2D eigenvalue weighted by atomic mass is 10.1. The SMILES string of the molecule is N#Cc1ccc(CCO)c(F)c1Br. The summed E-state index contributed by atoms with van der Waals surface area (Å²) >= 11 is 2.98. The predicted molar refractivity (Wildman–Crippen MR) is 49.6 cm³/mol. The van der Waals surface area contributed by atoms with E-state index >= 15 is 0 Å². The van der Waals surface area contributed by atoms with E-state index in [1.807, 2.05) is 6.07 Å². The van der Waals surface area contributed by atoms with Crippen molar-refractivity contribution in [1.82, 2.24) is 0 Å². The second-order valence-electron chi connectivity index (χ2n) is 2.49. The normalized spacial score (nSPS) is 9.69. The molecule has 13 heavy (non-hydrogen) atoms. The van der Waals surface area contributed by atoms with E-state index in [4.69, 9.17) is 10.4 Å². The second kappa shape index (κ2) is 4.35. The highest BCUT2D eigenvalue weighted by Gasteiger charge is 2.09. The molecule has 0 saturated heterocycles. The minimum Gasteiger partial charge on any atom is -0.396 e. The largest absolute Gasteiger partial charge is 0.396 e. The van der Waals surface area contributed by atoms with Crippen molar-refractivity contribution in [2.24, 2.45) is 0 Å². The molecule has 0 fully saturated rings. The molecule has 0 aliphatic heterocycles. The Morgan fingerprint density at radius 2 is 2.23 bits per heavy atom. The highest BCUT2D eigenvalue weighted by Crippen LogP contribution is 2.23. The molecule has 1 aromatic carbocycles. The van der Waals surface area contributed by atoms with Crippen LogP contribution in [0.2, 0.25) is 0 Å². The molecule has 0 atom stereocenters. The number of hydrogen-bond acceptors (Lipinski definition) is 2. The number of rotatable bonds is 2. The monoisotopic (exact) mass is 243 g/mol. The maximum Gasteiger partial charge on any atom is 0.141 e. The molecule has 0 aromatic heterocycles. The maximum atomic E-state index is 13.3. The number of aliphatic hydroxyl groups excluding tert-OH is 1. The van der Waals surface area contributed by atoms with Crippen molar-refractivity contribution in [3.05, 3.63) is 33.5 Å². The lowest BCUT2D eigenvalue weighted by molar-refractivity contribution is 0.297. The van der Waals surface area contributed by atoms with Gasteiger partial charge in [0.25, 0.3) is 0 Å². The van der Waals surface area contributed by atoms with Crippen molar-refractivity contribution in [2.45, 2.75) is 6.42 Å². The Hall–Kier alpha value is -0.920. The van der Waals surface area contributed by atoms with Crippen LogP contribution in [0.5, 0.6) is 0 Å². The molecule has 0 unspecified atom stereocenters. The molecule has 0 spiro atoms. The fourth-order valence-electron chi connectivity index (χ4n) is 0.989. The van der Waals surface area contributed by atoms with Gasteiger partial charge in [-0.3, -0.25) is 0 Å². The summed E-state index contributed by atoms with van der Waals surface area (Å²) in [6, 6.07) is 4.89. The number of nitrogens with zero attached hydrogens (tertiary/aromatic N) is 1. The average Bonchev–Trinajstić information content (AvgIpc) is 2.14. The first kappa shape index (κ1) is 10.2. The van der Waals surface area contributed by atoms with Crippen molar-refractivity contribution in [3.63, 3.8) is 0 Å². The molecule has 0 radical (unpaired) electrons. The van der Waals surface area contributed by atoms with E-state index in [0.29, 0.717) is 5.56 Å². The summed E-state index contributed by atoms with van der Waals surface area (Å²) in [5.41, 5.74) is 0.674. The van der Waals surface area contributed by atoms with Gasteiger partial charge in [-0.25, -0.2) is 4.39 Å². The summed E-state index contributed by atoms with van der Waals surface area (Å²) < 4.78 is 13.5. The van der Waals surface area contributed by atoms with Crippen molar-refractivity contribution >= 4 is 15.9 Å². The van der Waals surface area contributed by atoms with Crippen LogP contribution < -0.4 is 0 Å². The molecule has 0 aliphatic carbocycles. The van der Waals surface area contributed by atoms with Gasteiger partial charge in [-0.15, -0.1) is 0 Å². The summed E-state index contributed by atoms with van der Waals surface area (Å²) in [6.07, 6.45) is 0.260. The summed E-state index contributed by atoms with van der Waals surface area (Å²) in [7, 11) is 0. The molecule has 0 saturated carbocycles. The lowest BCUT2D eigenvalue weighted by Gasteiger charge is -2.03. The zero-order valence-electron chi connectivity index (χ0n) is 6.72. The predicted octanol–water partition coefficient (Wildman–Crippen LogP) is 1.99. The fourth-order valence-corrected chi connectivity index (χ4v) is 1.46. The third kappa shape index (κ3) is 2.06. The molecule has 1 aromatic rings. The van der Waals surface area contributed by atoms with Gasteiger partial charge in [-0.2, -0.15) is 5.26 Å². The highest BCUT2D eigenvalue weighted by molar-refractivity contribution is 9.10. The Morgan fingerprint density at radius 1 is 1.54 bits per heavy atom. The van der Waals surface area contributed by atoms with E-state index in [9.17, 15) is 4.39 Å². The number of benzene rings is 1. The van der Waals surface area contributed by atoms with Crippen molar-refractivity contribution in [2.75, 3.05) is 6.61 Å². The van der Waals surface area contributed by atoms with Crippen LogP contribution in [0.15, 0.2) is 16.6 Å². The van der Waals surface area contributed by atoms with Gasteiger partial charge < -0.3 is 5.11 Å². The Kier molecular flexibility index (Phi) is 3.40. The first-order valence-corrected chi connectivity index (χ1v) is 4.48. The van der Waals surface area contributed by atoms with Gasteiger partial charge >= 0.3 is 0 Å². The van der Waals surface area contributed by atoms with Gasteiger partial charge in [-0.05, 0) is 34.0 Å². The van der Waals surface area contributed by atoms with Crippen LogP contribution in [0.4, 0.5) is 4.39 Å². The maximum absolute atomic E-state index is 13.3. The quantitative estimate of drug-likeness (QED) is 0.864. The third-order valence-corrected chi connectivity index (χ3v) is 2.44. The molecule has 0 aliphatic rings. The van der Waals surface area contributed by atoms with Crippen LogP contribution in [0, 0.1) is 17.1 Å². The van der Waals surface area contributed by atoms with Crippen molar-refractivity contribution < 1.29 is 9.50 Å².